The van der Waals surface area contributed by atoms with Gasteiger partial charge in [0.05, 0.1) is 12.3 Å². The first-order valence-electron chi connectivity index (χ1n) is 7.59. The molecule has 1 saturated heterocycles. The van der Waals surface area contributed by atoms with Crippen LogP contribution < -0.4 is 10.2 Å². The molecule has 1 aromatic rings. The summed E-state index contributed by atoms with van der Waals surface area (Å²) >= 11 is 5.85. The summed E-state index contributed by atoms with van der Waals surface area (Å²) in [6.45, 7) is 7.11. The number of benzene rings is 1. The molecule has 3 nitrogen and oxygen atoms in total. The molecule has 1 unspecified atom stereocenters. The van der Waals surface area contributed by atoms with Gasteiger partial charge in [0.1, 0.15) is 0 Å². The second-order valence-corrected chi connectivity index (χ2v) is 7.56. The Morgan fingerprint density at radius 2 is 2.33 bits per heavy atom. The fourth-order valence-electron chi connectivity index (χ4n) is 2.51. The van der Waals surface area contributed by atoms with Crippen molar-refractivity contribution in [3.63, 3.8) is 0 Å². The molecule has 5 heteroatoms. The van der Waals surface area contributed by atoms with E-state index in [-0.39, 0.29) is 0 Å². The van der Waals surface area contributed by atoms with Gasteiger partial charge >= 0.3 is 0 Å². The molecule has 0 spiro atoms. The van der Waals surface area contributed by atoms with Crippen molar-refractivity contribution in [1.29, 1.82) is 0 Å². The maximum atomic E-state index is 5.04. The van der Waals surface area contributed by atoms with E-state index in [1.165, 1.54) is 27.9 Å². The zero-order valence-electron chi connectivity index (χ0n) is 12.9. The third-order valence-electron chi connectivity index (χ3n) is 3.76. The first-order valence-corrected chi connectivity index (χ1v) is 9.43. The van der Waals surface area contributed by atoms with Crippen molar-refractivity contribution < 1.29 is 4.74 Å². The highest BCUT2D eigenvalue weighted by atomic mass is 79.9. The van der Waals surface area contributed by atoms with Gasteiger partial charge in [0.25, 0.3) is 0 Å². The van der Waals surface area contributed by atoms with Gasteiger partial charge in [0.2, 0.25) is 0 Å². The first-order chi connectivity index (χ1) is 10.2. The number of ether oxygens (including phenoxy) is 1. The first kappa shape index (κ1) is 17.1. The highest BCUT2D eigenvalue weighted by Gasteiger charge is 2.20. The van der Waals surface area contributed by atoms with Crippen molar-refractivity contribution in [2.24, 2.45) is 0 Å². The number of nitrogens with one attached hydrogen (secondary N) is 1. The number of thioether (sulfide) groups is 1. The quantitative estimate of drug-likeness (QED) is 0.740. The molecule has 118 valence electrons. The minimum atomic E-state index is 0.753. The molecular weight excluding hydrogens is 348 g/mol. The van der Waals surface area contributed by atoms with Crippen LogP contribution in [0.2, 0.25) is 0 Å². The third-order valence-corrected chi connectivity index (χ3v) is 5.77. The molecule has 1 aromatic carbocycles. The molecule has 1 aliphatic heterocycles. The predicted octanol–water partition coefficient (Wildman–Crippen LogP) is 3.52. The van der Waals surface area contributed by atoms with Crippen LogP contribution in [0.25, 0.3) is 0 Å². The molecule has 0 aliphatic carbocycles. The van der Waals surface area contributed by atoms with E-state index in [0.29, 0.717) is 0 Å². The van der Waals surface area contributed by atoms with Crippen molar-refractivity contribution in [2.45, 2.75) is 25.1 Å². The van der Waals surface area contributed by atoms with Gasteiger partial charge in [-0.25, -0.2) is 0 Å². The highest BCUT2D eigenvalue weighted by Crippen LogP contribution is 2.31. The molecule has 1 atom stereocenters. The summed E-state index contributed by atoms with van der Waals surface area (Å²) in [5.41, 5.74) is 2.63. The van der Waals surface area contributed by atoms with Crippen LogP contribution in [0, 0.1) is 0 Å². The van der Waals surface area contributed by atoms with E-state index in [4.69, 9.17) is 4.74 Å². The van der Waals surface area contributed by atoms with Gasteiger partial charge in [-0.15, -0.1) is 0 Å². The SMILES string of the molecule is CCC1CN(c2ccc(CNCCOC)cc2Br)CCS1. The van der Waals surface area contributed by atoms with E-state index >= 15 is 0 Å². The Morgan fingerprint density at radius 3 is 3.05 bits per heavy atom. The van der Waals surface area contributed by atoms with Crippen LogP contribution in [-0.4, -0.2) is 44.4 Å². The summed E-state index contributed by atoms with van der Waals surface area (Å²) in [5.74, 6) is 1.23. The summed E-state index contributed by atoms with van der Waals surface area (Å²) in [7, 11) is 1.73. The minimum Gasteiger partial charge on any atom is -0.383 e. The van der Waals surface area contributed by atoms with Gasteiger partial charge in [0.15, 0.2) is 0 Å². The molecule has 0 aromatic heterocycles. The lowest BCUT2D eigenvalue weighted by atomic mass is 10.1. The molecule has 1 heterocycles. The van der Waals surface area contributed by atoms with Crippen molar-refractivity contribution >= 4 is 33.4 Å². The number of anilines is 1. The monoisotopic (exact) mass is 372 g/mol. The number of rotatable bonds is 7. The van der Waals surface area contributed by atoms with Crippen LogP contribution in [0.4, 0.5) is 5.69 Å². The number of hydrogen-bond acceptors (Lipinski definition) is 4. The summed E-state index contributed by atoms with van der Waals surface area (Å²) in [6.07, 6.45) is 1.25. The molecular formula is C16H25BrN2OS. The second-order valence-electron chi connectivity index (χ2n) is 5.30. The fourth-order valence-corrected chi connectivity index (χ4v) is 4.37. The Balaban J connectivity index is 1.95. The van der Waals surface area contributed by atoms with E-state index in [1.807, 2.05) is 0 Å². The summed E-state index contributed by atoms with van der Waals surface area (Å²) in [6, 6.07) is 6.71. The van der Waals surface area contributed by atoms with Gasteiger partial charge in [-0.1, -0.05) is 13.0 Å². The molecule has 0 radical (unpaired) electrons. The van der Waals surface area contributed by atoms with Crippen LogP contribution in [0.15, 0.2) is 22.7 Å². The largest absolute Gasteiger partial charge is 0.383 e. The maximum absolute atomic E-state index is 5.04. The van der Waals surface area contributed by atoms with Gasteiger partial charge in [-0.2, -0.15) is 11.8 Å². The maximum Gasteiger partial charge on any atom is 0.0587 e. The van der Waals surface area contributed by atoms with E-state index in [2.05, 4.69) is 63.0 Å². The van der Waals surface area contributed by atoms with Crippen molar-refractivity contribution in [2.75, 3.05) is 44.0 Å². The number of nitrogens with zero attached hydrogens (tertiary/aromatic N) is 1. The van der Waals surface area contributed by atoms with E-state index in [0.717, 1.165) is 38.0 Å². The topological polar surface area (TPSA) is 24.5 Å². The standard InChI is InChI=1S/C16H25BrN2OS/c1-3-14-12-19(7-9-21-14)16-5-4-13(10-15(16)17)11-18-6-8-20-2/h4-5,10,14,18H,3,6-9,11-12H2,1-2H3. The van der Waals surface area contributed by atoms with Crippen molar-refractivity contribution in [3.05, 3.63) is 28.2 Å². The summed E-state index contributed by atoms with van der Waals surface area (Å²) in [5, 5.41) is 4.15. The van der Waals surface area contributed by atoms with Crippen LogP contribution in [-0.2, 0) is 11.3 Å². The zero-order chi connectivity index (χ0) is 15.1. The van der Waals surface area contributed by atoms with Crippen LogP contribution in [0.3, 0.4) is 0 Å². The molecule has 1 fully saturated rings. The predicted molar refractivity (Wildman–Crippen MR) is 96.5 cm³/mol. The lowest BCUT2D eigenvalue weighted by Gasteiger charge is -2.34. The molecule has 2 rings (SSSR count). The Kier molecular flexibility index (Phi) is 7.37. The average molecular weight is 373 g/mol. The number of hydrogen-bond donors (Lipinski definition) is 1. The number of halogens is 1. The Bertz CT molecular complexity index is 444. The van der Waals surface area contributed by atoms with Crippen LogP contribution in [0.5, 0.6) is 0 Å². The Labute approximate surface area is 140 Å². The van der Waals surface area contributed by atoms with E-state index < -0.39 is 0 Å². The smallest absolute Gasteiger partial charge is 0.0587 e. The van der Waals surface area contributed by atoms with E-state index in [9.17, 15) is 0 Å². The van der Waals surface area contributed by atoms with Crippen LogP contribution in [0.1, 0.15) is 18.9 Å². The van der Waals surface area contributed by atoms with Gasteiger partial charge in [-0.3, -0.25) is 0 Å². The molecule has 21 heavy (non-hydrogen) atoms. The molecule has 0 amide bonds. The van der Waals surface area contributed by atoms with Gasteiger partial charge < -0.3 is 15.0 Å². The fraction of sp³-hybridized carbons (Fsp3) is 0.625. The van der Waals surface area contributed by atoms with Gasteiger partial charge in [-0.05, 0) is 40.0 Å². The summed E-state index contributed by atoms with van der Waals surface area (Å²) < 4.78 is 6.25. The average Bonchev–Trinajstić information content (AvgIpc) is 2.52. The normalized spacial score (nSPS) is 19.0. The third kappa shape index (κ3) is 5.16. The van der Waals surface area contributed by atoms with Crippen molar-refractivity contribution in [1.82, 2.24) is 5.32 Å². The van der Waals surface area contributed by atoms with Crippen molar-refractivity contribution in [3.8, 4) is 0 Å². The highest BCUT2D eigenvalue weighted by molar-refractivity contribution is 9.10. The molecule has 1 N–H and O–H groups in total. The molecule has 1 aliphatic rings. The lowest BCUT2D eigenvalue weighted by molar-refractivity contribution is 0.199. The number of methoxy groups -OCH3 is 1. The molecule has 0 saturated carbocycles. The van der Waals surface area contributed by atoms with E-state index in [1.54, 1.807) is 7.11 Å². The minimum absolute atomic E-state index is 0.753. The van der Waals surface area contributed by atoms with Gasteiger partial charge in [0, 0.05) is 48.8 Å². The summed E-state index contributed by atoms with van der Waals surface area (Å²) in [4.78, 5) is 2.51. The Morgan fingerprint density at radius 1 is 1.48 bits per heavy atom. The molecule has 0 bridgehead atoms. The second kappa shape index (κ2) is 9.03. The van der Waals surface area contributed by atoms with Crippen LogP contribution >= 0.6 is 27.7 Å². The zero-order valence-corrected chi connectivity index (χ0v) is 15.3. The lowest BCUT2D eigenvalue weighted by Crippen LogP contribution is -2.37. The Hall–Kier alpha value is -0.230.